The molecule has 0 spiro atoms. The second-order valence-electron chi connectivity index (χ2n) is 33.2. The van der Waals surface area contributed by atoms with Crippen LogP contribution in [-0.4, -0.2) is 15.8 Å². The second kappa shape index (κ2) is 21.8. The van der Waals surface area contributed by atoms with Crippen LogP contribution in [-0.2, 0) is 27.1 Å². The standard InChI is InChI=1S/C96H83BN4/c1-92(2,3)68-39-29-61(30-40-68)67-38-50-87-82(54-67)97-81-48-45-71(100-85-28-20-17-25-75(85)76-51-64(37-49-86(76)100)60-21-13-12-14-22-60)55-88(81)99(70-43-33-63(34-44-70)66-36-47-78-80(53-66)96(10,11)59-94(78,6)7)90-57-72(101-83-26-18-15-23-73(83)74-24-16-19-27-84(74)101)56-89(91(90)97)98(87)69-41-31-62(32-42-69)65-35-46-77-79(52-65)95(8,9)58-93(77,4)5/h12-57H,58-59H2,1-11H3. The fourth-order valence-electron chi connectivity index (χ4n) is 19.3. The Hall–Kier alpha value is -10.9. The molecule has 0 amide bonds. The molecule has 4 heterocycles. The highest BCUT2D eigenvalue weighted by molar-refractivity contribution is 7.00. The summed E-state index contributed by atoms with van der Waals surface area (Å²) in [6, 6.07) is 108. The van der Waals surface area contributed by atoms with Crippen LogP contribution in [0.15, 0.2) is 279 Å². The predicted octanol–water partition coefficient (Wildman–Crippen LogP) is 23.8. The van der Waals surface area contributed by atoms with Gasteiger partial charge in [-0.1, -0.05) is 270 Å². The number of fused-ring (bicyclic) bond motifs is 12. The van der Waals surface area contributed by atoms with Gasteiger partial charge in [0, 0.05) is 61.4 Å². The van der Waals surface area contributed by atoms with Gasteiger partial charge in [-0.15, -0.1) is 0 Å². The Kier molecular flexibility index (Phi) is 13.2. The molecule has 2 aromatic heterocycles. The van der Waals surface area contributed by atoms with Crippen molar-refractivity contribution in [1.29, 1.82) is 0 Å². The van der Waals surface area contributed by atoms with Gasteiger partial charge in [0.15, 0.2) is 0 Å². The molecular formula is C96H83BN4. The lowest BCUT2D eigenvalue weighted by atomic mass is 9.33. The molecule has 2 aliphatic heterocycles. The Balaban J connectivity index is 0.882. The van der Waals surface area contributed by atoms with E-state index < -0.39 is 0 Å². The average Bonchev–Trinajstić information content (AvgIpc) is 0.717. The first kappa shape index (κ1) is 61.2. The summed E-state index contributed by atoms with van der Waals surface area (Å²) >= 11 is 0. The average molecular weight is 1300 g/mol. The molecule has 101 heavy (non-hydrogen) atoms. The van der Waals surface area contributed by atoms with Crippen LogP contribution in [0.3, 0.4) is 0 Å². The summed E-state index contributed by atoms with van der Waals surface area (Å²) in [5.74, 6) is 0. The molecule has 0 unspecified atom stereocenters. The number of nitrogens with zero attached hydrogens (tertiary/aromatic N) is 4. The number of anilines is 6. The number of hydrogen-bond acceptors (Lipinski definition) is 2. The third kappa shape index (κ3) is 9.48. The maximum Gasteiger partial charge on any atom is 0.252 e. The summed E-state index contributed by atoms with van der Waals surface area (Å²) in [5, 5.41) is 4.92. The van der Waals surface area contributed by atoms with E-state index in [9.17, 15) is 0 Å². The van der Waals surface area contributed by atoms with E-state index in [0.29, 0.717) is 0 Å². The second-order valence-corrected chi connectivity index (χ2v) is 33.2. The van der Waals surface area contributed by atoms with Gasteiger partial charge in [0.05, 0.1) is 27.8 Å². The van der Waals surface area contributed by atoms with Gasteiger partial charge >= 0.3 is 0 Å². The first-order valence-corrected chi connectivity index (χ1v) is 36.4. The molecule has 490 valence electrons. The van der Waals surface area contributed by atoms with E-state index in [4.69, 9.17) is 0 Å². The molecule has 0 fully saturated rings. The van der Waals surface area contributed by atoms with Crippen LogP contribution < -0.4 is 26.2 Å². The quantitative estimate of drug-likeness (QED) is 0.141. The molecule has 0 saturated carbocycles. The van der Waals surface area contributed by atoms with E-state index in [2.05, 4.69) is 374 Å². The molecule has 4 nitrogen and oxygen atoms in total. The van der Waals surface area contributed by atoms with E-state index in [1.165, 1.54) is 138 Å². The molecule has 2 aliphatic carbocycles. The first-order valence-electron chi connectivity index (χ1n) is 36.4. The van der Waals surface area contributed by atoms with E-state index in [-0.39, 0.29) is 33.8 Å². The van der Waals surface area contributed by atoms with E-state index in [1.807, 2.05) is 0 Å². The molecule has 15 aromatic rings. The number of para-hydroxylation sites is 3. The molecule has 5 heteroatoms. The smallest absolute Gasteiger partial charge is 0.252 e. The molecule has 0 atom stereocenters. The van der Waals surface area contributed by atoms with E-state index in [1.54, 1.807) is 0 Å². The van der Waals surface area contributed by atoms with Crippen LogP contribution in [0.1, 0.15) is 117 Å². The van der Waals surface area contributed by atoms with Gasteiger partial charge in [-0.2, -0.15) is 0 Å². The van der Waals surface area contributed by atoms with Crippen molar-refractivity contribution in [3.63, 3.8) is 0 Å². The third-order valence-corrected chi connectivity index (χ3v) is 23.6. The Labute approximate surface area is 594 Å². The van der Waals surface area contributed by atoms with E-state index in [0.717, 1.165) is 52.7 Å². The molecular weight excluding hydrogens is 1220 g/mol. The molecule has 0 radical (unpaired) electrons. The Bertz CT molecular complexity index is 5880. The number of aromatic nitrogens is 2. The summed E-state index contributed by atoms with van der Waals surface area (Å²) in [6.45, 7) is 26.1. The zero-order valence-corrected chi connectivity index (χ0v) is 59.8. The highest BCUT2D eigenvalue weighted by Crippen LogP contribution is 2.54. The van der Waals surface area contributed by atoms with Crippen molar-refractivity contribution < 1.29 is 0 Å². The Morgan fingerprint density at radius 3 is 1.20 bits per heavy atom. The number of hydrogen-bond donors (Lipinski definition) is 0. The van der Waals surface area contributed by atoms with Crippen molar-refractivity contribution in [1.82, 2.24) is 9.13 Å². The summed E-state index contributed by atoms with van der Waals surface area (Å²) < 4.78 is 5.04. The Morgan fingerprint density at radius 1 is 0.277 bits per heavy atom. The lowest BCUT2D eigenvalue weighted by molar-refractivity contribution is 0.402. The highest BCUT2D eigenvalue weighted by Gasteiger charge is 2.46. The fourth-order valence-corrected chi connectivity index (χ4v) is 19.3. The van der Waals surface area contributed by atoms with Gasteiger partial charge in [0.1, 0.15) is 0 Å². The summed E-state index contributed by atoms with van der Waals surface area (Å²) in [7, 11) is 0. The number of benzene rings is 13. The molecule has 19 rings (SSSR count). The first-order chi connectivity index (χ1) is 48.7. The minimum Gasteiger partial charge on any atom is -0.311 e. The molecule has 0 bridgehead atoms. The molecule has 0 saturated heterocycles. The lowest BCUT2D eigenvalue weighted by Gasteiger charge is -2.44. The van der Waals surface area contributed by atoms with Crippen molar-refractivity contribution in [3.8, 4) is 55.9 Å². The normalized spacial score (nSPS) is 15.9. The van der Waals surface area contributed by atoms with Crippen molar-refractivity contribution >= 4 is 101 Å². The minimum atomic E-state index is -0.171. The zero-order valence-electron chi connectivity index (χ0n) is 59.8. The Morgan fingerprint density at radius 2 is 0.663 bits per heavy atom. The van der Waals surface area contributed by atoms with Crippen LogP contribution in [0.25, 0.3) is 99.5 Å². The van der Waals surface area contributed by atoms with Gasteiger partial charge in [-0.25, -0.2) is 0 Å². The van der Waals surface area contributed by atoms with Gasteiger partial charge in [-0.3, -0.25) is 0 Å². The van der Waals surface area contributed by atoms with Gasteiger partial charge in [0.25, 0.3) is 6.71 Å². The van der Waals surface area contributed by atoms with Crippen LogP contribution >= 0.6 is 0 Å². The monoisotopic (exact) mass is 1300 g/mol. The third-order valence-electron chi connectivity index (χ3n) is 23.6. The topological polar surface area (TPSA) is 16.3 Å². The molecule has 13 aromatic carbocycles. The molecule has 0 N–H and O–H groups in total. The SMILES string of the molecule is CC(C)(C)c1ccc(-c2ccc3c(c2)B2c4ccc(-n5c6ccccc6c6cc(-c7ccccc7)ccc65)cc4N(c4ccc(-c5ccc6c(c5)C(C)(C)CC6(C)C)cc4)c4cc(-n5c6ccccc6c6ccccc65)cc(c42)N3c2ccc(-c3ccc4c(c3)C(C)(C)CC4(C)C)cc2)cc1. The van der Waals surface area contributed by atoms with Crippen LogP contribution in [0, 0.1) is 0 Å². The minimum absolute atomic E-state index is 0.0219. The van der Waals surface area contributed by atoms with Gasteiger partial charge in [-0.05, 0) is 214 Å². The predicted molar refractivity (Wildman–Crippen MR) is 431 cm³/mol. The van der Waals surface area contributed by atoms with Gasteiger partial charge < -0.3 is 18.9 Å². The van der Waals surface area contributed by atoms with Crippen molar-refractivity contribution in [2.75, 3.05) is 9.80 Å². The maximum atomic E-state index is 2.63. The largest absolute Gasteiger partial charge is 0.311 e. The summed E-state index contributed by atoms with van der Waals surface area (Å²) in [4.78, 5) is 5.23. The van der Waals surface area contributed by atoms with Crippen LogP contribution in [0.5, 0.6) is 0 Å². The summed E-state index contributed by atoms with van der Waals surface area (Å²) in [5.41, 5.74) is 34.9. The van der Waals surface area contributed by atoms with E-state index >= 15 is 0 Å². The van der Waals surface area contributed by atoms with Crippen LogP contribution in [0.4, 0.5) is 34.1 Å². The highest BCUT2D eigenvalue weighted by atomic mass is 15.2. The van der Waals surface area contributed by atoms with Crippen molar-refractivity contribution in [3.05, 3.63) is 307 Å². The van der Waals surface area contributed by atoms with Gasteiger partial charge in [0.2, 0.25) is 0 Å². The number of rotatable bonds is 8. The lowest BCUT2D eigenvalue weighted by Crippen LogP contribution is -2.61. The maximum absolute atomic E-state index is 2.63. The zero-order chi connectivity index (χ0) is 68.8. The van der Waals surface area contributed by atoms with Crippen LogP contribution in [0.2, 0.25) is 0 Å². The van der Waals surface area contributed by atoms with Crippen molar-refractivity contribution in [2.45, 2.75) is 116 Å². The summed E-state index contributed by atoms with van der Waals surface area (Å²) in [6.07, 6.45) is 2.26. The fraction of sp³-hybridized carbons (Fsp3) is 0.188. The molecule has 4 aliphatic rings. The van der Waals surface area contributed by atoms with Crippen molar-refractivity contribution in [2.24, 2.45) is 0 Å².